The lowest BCUT2D eigenvalue weighted by atomic mass is 9.97. The van der Waals surface area contributed by atoms with Gasteiger partial charge in [-0.3, -0.25) is 4.98 Å². The molecule has 1 aromatic carbocycles. The molecule has 1 aliphatic rings. The minimum Gasteiger partial charge on any atom is -0.347 e. The molecule has 0 spiro atoms. The predicted octanol–water partition coefficient (Wildman–Crippen LogP) is 5.01. The first-order valence-electron chi connectivity index (χ1n) is 10.8. The Morgan fingerprint density at radius 1 is 1.27 bits per heavy atom. The number of hydrogen-bond donors (Lipinski definition) is 1. The third kappa shape index (κ3) is 4.92. The number of sulfonamides is 1. The van der Waals surface area contributed by atoms with Crippen LogP contribution in [-0.2, 0) is 16.6 Å². The van der Waals surface area contributed by atoms with E-state index >= 15 is 0 Å². The number of nitrogens with one attached hydrogen (secondary N) is 1. The summed E-state index contributed by atoms with van der Waals surface area (Å²) in [7, 11) is -3.82. The van der Waals surface area contributed by atoms with Crippen molar-refractivity contribution in [1.82, 2.24) is 14.3 Å². The van der Waals surface area contributed by atoms with E-state index in [9.17, 15) is 22.5 Å². The fourth-order valence-corrected chi connectivity index (χ4v) is 5.52. The lowest BCUT2D eigenvalue weighted by molar-refractivity contribution is 0.109. The third-order valence-electron chi connectivity index (χ3n) is 5.60. The van der Waals surface area contributed by atoms with Crippen LogP contribution in [0.5, 0.6) is 0 Å². The molecule has 6 nitrogen and oxygen atoms in total. The van der Waals surface area contributed by atoms with E-state index in [1.165, 1.54) is 0 Å². The molecular weight excluding hydrogens is 446 g/mol. The van der Waals surface area contributed by atoms with Gasteiger partial charge in [-0.15, -0.1) is 0 Å². The van der Waals surface area contributed by atoms with Gasteiger partial charge in [-0.25, -0.2) is 21.9 Å². The Hall–Kier alpha value is -2.83. The highest BCUT2D eigenvalue weighted by Gasteiger charge is 2.40. The van der Waals surface area contributed by atoms with Crippen LogP contribution in [0.2, 0.25) is 0 Å². The zero-order valence-electron chi connectivity index (χ0n) is 18.7. The Bertz CT molecular complexity index is 1330. The maximum atomic E-state index is 14.1. The first-order valence-corrected chi connectivity index (χ1v) is 12.3. The Morgan fingerprint density at radius 2 is 2.00 bits per heavy atom. The van der Waals surface area contributed by atoms with Crippen LogP contribution in [0.3, 0.4) is 0 Å². The molecule has 1 aliphatic carbocycles. The predicted molar refractivity (Wildman–Crippen MR) is 123 cm³/mol. The molecule has 1 unspecified atom stereocenters. The fourth-order valence-electron chi connectivity index (χ4n) is 3.99. The van der Waals surface area contributed by atoms with Crippen molar-refractivity contribution in [2.45, 2.75) is 57.9 Å². The highest BCUT2D eigenvalue weighted by atomic mass is 32.2. The number of halogens is 2. The first kappa shape index (κ1) is 23.3. The molecule has 1 saturated carbocycles. The number of fused-ring (bicyclic) bond motifs is 1. The largest absolute Gasteiger partial charge is 0.347 e. The second kappa shape index (κ2) is 8.50. The maximum Gasteiger partial charge on any atom is 0.258 e. The second-order valence-corrected chi connectivity index (χ2v) is 11.7. The van der Waals surface area contributed by atoms with Gasteiger partial charge in [0.1, 0.15) is 12.1 Å². The molecule has 1 N–H and O–H groups in total. The summed E-state index contributed by atoms with van der Waals surface area (Å²) in [4.78, 5) is 4.33. The standard InChI is InChI=1S/C24H26F2N4O2S/c1-24(2,3)14-30-13-19(22(23(25)26)29-33(31,32)17-7-8-17)18-9-6-15(11-20(18)30)21-16(12-27)5-4-10-28-21/h4-6,9-11,13,17,22-23,29H,7-8,14H2,1-3H3. The normalized spacial score (nSPS) is 15.7. The van der Waals surface area contributed by atoms with Crippen LogP contribution in [0.25, 0.3) is 22.2 Å². The van der Waals surface area contributed by atoms with E-state index in [1.54, 1.807) is 36.7 Å². The van der Waals surface area contributed by atoms with Crippen molar-refractivity contribution in [3.05, 3.63) is 53.9 Å². The minimum atomic E-state index is -3.82. The van der Waals surface area contributed by atoms with E-state index < -0.39 is 27.7 Å². The van der Waals surface area contributed by atoms with Crippen molar-refractivity contribution in [2.75, 3.05) is 0 Å². The van der Waals surface area contributed by atoms with Crippen molar-refractivity contribution in [3.8, 4) is 17.3 Å². The highest BCUT2D eigenvalue weighted by molar-refractivity contribution is 7.90. The van der Waals surface area contributed by atoms with E-state index in [4.69, 9.17) is 0 Å². The monoisotopic (exact) mass is 472 g/mol. The van der Waals surface area contributed by atoms with Crippen molar-refractivity contribution in [3.63, 3.8) is 0 Å². The van der Waals surface area contributed by atoms with E-state index in [1.807, 2.05) is 31.4 Å². The lowest BCUT2D eigenvalue weighted by Gasteiger charge is -2.20. The summed E-state index contributed by atoms with van der Waals surface area (Å²) in [6, 6.07) is 9.10. The number of benzene rings is 1. The number of nitriles is 1. The fraction of sp³-hybridized carbons (Fsp3) is 0.417. The third-order valence-corrected chi connectivity index (χ3v) is 7.53. The SMILES string of the molecule is CC(C)(C)Cn1cc(C(NS(=O)(=O)C2CC2)C(F)F)c2ccc(-c3ncccc3C#N)cc21. The first-order chi connectivity index (χ1) is 15.5. The molecule has 0 amide bonds. The van der Waals surface area contributed by atoms with Gasteiger partial charge in [0.25, 0.3) is 6.43 Å². The molecule has 0 saturated heterocycles. The number of nitrogens with zero attached hydrogens (tertiary/aromatic N) is 3. The summed E-state index contributed by atoms with van der Waals surface area (Å²) < 4.78 is 57.4. The van der Waals surface area contributed by atoms with Gasteiger partial charge in [0.2, 0.25) is 10.0 Å². The molecule has 1 atom stereocenters. The number of aromatic nitrogens is 2. The molecule has 2 aromatic heterocycles. The Labute approximate surface area is 192 Å². The highest BCUT2D eigenvalue weighted by Crippen LogP contribution is 2.37. The quantitative estimate of drug-likeness (QED) is 0.524. The number of pyridine rings is 1. The van der Waals surface area contributed by atoms with E-state index in [0.717, 1.165) is 0 Å². The van der Waals surface area contributed by atoms with Gasteiger partial charge >= 0.3 is 0 Å². The summed E-state index contributed by atoms with van der Waals surface area (Å²) in [5.41, 5.74) is 2.37. The van der Waals surface area contributed by atoms with Gasteiger partial charge in [-0.2, -0.15) is 5.26 Å². The van der Waals surface area contributed by atoms with Gasteiger partial charge < -0.3 is 4.57 Å². The molecule has 0 bridgehead atoms. The molecule has 2 heterocycles. The molecule has 0 radical (unpaired) electrons. The van der Waals surface area contributed by atoms with Gasteiger partial charge in [-0.1, -0.05) is 32.9 Å². The number of alkyl halides is 2. The van der Waals surface area contributed by atoms with Crippen molar-refractivity contribution >= 4 is 20.9 Å². The average molecular weight is 473 g/mol. The molecule has 9 heteroatoms. The lowest BCUT2D eigenvalue weighted by Crippen LogP contribution is -2.35. The van der Waals surface area contributed by atoms with E-state index in [-0.39, 0.29) is 11.0 Å². The Morgan fingerprint density at radius 3 is 2.61 bits per heavy atom. The van der Waals surface area contributed by atoms with Crippen LogP contribution in [0, 0.1) is 16.7 Å². The van der Waals surface area contributed by atoms with Gasteiger partial charge in [-0.05, 0) is 36.5 Å². The molecular formula is C24H26F2N4O2S. The smallest absolute Gasteiger partial charge is 0.258 e. The second-order valence-electron chi connectivity index (χ2n) is 9.69. The Kier molecular flexibility index (Phi) is 6.01. The molecule has 174 valence electrons. The summed E-state index contributed by atoms with van der Waals surface area (Å²) in [5.74, 6) is 0. The van der Waals surface area contributed by atoms with E-state index in [2.05, 4.69) is 15.8 Å². The minimum absolute atomic E-state index is 0.157. The molecule has 0 aliphatic heterocycles. The summed E-state index contributed by atoms with van der Waals surface area (Å²) in [6.45, 7) is 6.64. The van der Waals surface area contributed by atoms with Crippen molar-refractivity contribution in [1.29, 1.82) is 5.26 Å². The summed E-state index contributed by atoms with van der Waals surface area (Å²) in [5, 5.41) is 9.40. The van der Waals surface area contributed by atoms with Crippen LogP contribution in [0.1, 0.15) is 50.8 Å². The van der Waals surface area contributed by atoms with Crippen LogP contribution in [0.4, 0.5) is 8.78 Å². The molecule has 4 rings (SSSR count). The van der Waals surface area contributed by atoms with Gasteiger partial charge in [0.05, 0.1) is 16.5 Å². The molecule has 3 aromatic rings. The summed E-state index contributed by atoms with van der Waals surface area (Å²) in [6.07, 6.45) is 1.29. The van der Waals surface area contributed by atoms with Crippen molar-refractivity contribution < 1.29 is 17.2 Å². The number of rotatable bonds is 7. The summed E-state index contributed by atoms with van der Waals surface area (Å²) >= 11 is 0. The van der Waals surface area contributed by atoms with Crippen molar-refractivity contribution in [2.24, 2.45) is 5.41 Å². The van der Waals surface area contributed by atoms with Crippen LogP contribution in [0.15, 0.2) is 42.7 Å². The van der Waals surface area contributed by atoms with Gasteiger partial charge in [0, 0.05) is 41.0 Å². The zero-order valence-corrected chi connectivity index (χ0v) is 19.5. The van der Waals surface area contributed by atoms with Crippen LogP contribution < -0.4 is 4.72 Å². The topological polar surface area (TPSA) is 87.8 Å². The average Bonchev–Trinajstić information content (AvgIpc) is 3.56. The maximum absolute atomic E-state index is 14.1. The van der Waals surface area contributed by atoms with Crippen LogP contribution in [-0.4, -0.2) is 29.6 Å². The zero-order chi connectivity index (χ0) is 24.0. The molecule has 33 heavy (non-hydrogen) atoms. The Balaban J connectivity index is 1.87. The number of hydrogen-bond acceptors (Lipinski definition) is 4. The van der Waals surface area contributed by atoms with Crippen LogP contribution >= 0.6 is 0 Å². The van der Waals surface area contributed by atoms with E-state index in [0.29, 0.717) is 47.1 Å². The molecule has 1 fully saturated rings. The van der Waals surface area contributed by atoms with Gasteiger partial charge in [0.15, 0.2) is 0 Å².